The molecule has 5 aromatic carbocycles. The van der Waals surface area contributed by atoms with Gasteiger partial charge >= 0.3 is 0 Å². The lowest BCUT2D eigenvalue weighted by molar-refractivity contribution is 0.769. The minimum absolute atomic E-state index is 0.401. The lowest BCUT2D eigenvalue weighted by atomic mass is 9.67. The van der Waals surface area contributed by atoms with Crippen molar-refractivity contribution in [2.75, 3.05) is 0 Å². The first kappa shape index (κ1) is 17.5. The number of benzene rings is 5. The van der Waals surface area contributed by atoms with Gasteiger partial charge in [0.1, 0.15) is 0 Å². The molecule has 6 rings (SSSR count). The summed E-state index contributed by atoms with van der Waals surface area (Å²) in [6.45, 7) is 0. The van der Waals surface area contributed by atoms with Gasteiger partial charge in [-0.3, -0.25) is 0 Å². The first-order valence-electron chi connectivity index (χ1n) is 10.2. The average molecular weight is 403 g/mol. The van der Waals surface area contributed by atoms with E-state index in [9.17, 15) is 0 Å². The second kappa shape index (κ2) is 6.58. The predicted molar refractivity (Wildman–Crippen MR) is 126 cm³/mol. The quantitative estimate of drug-likeness (QED) is 0.276. The Labute approximate surface area is 181 Å². The summed E-state index contributed by atoms with van der Waals surface area (Å²) in [6.07, 6.45) is 0. The Hall–Kier alpha value is -3.35. The van der Waals surface area contributed by atoms with Gasteiger partial charge in [0.15, 0.2) is 0 Å². The summed E-state index contributed by atoms with van der Waals surface area (Å²) in [5.41, 5.74) is 7.22. The number of hydrogen-bond acceptors (Lipinski definition) is 0. The van der Waals surface area contributed by atoms with Gasteiger partial charge in [-0.1, -0.05) is 103 Å². The van der Waals surface area contributed by atoms with Crippen molar-refractivity contribution >= 4 is 22.4 Å². The Kier molecular flexibility index (Phi) is 3.84. The molecule has 0 saturated heterocycles. The van der Waals surface area contributed by atoms with Gasteiger partial charge in [-0.25, -0.2) is 0 Å². The summed E-state index contributed by atoms with van der Waals surface area (Å²) in [4.78, 5) is 0. The van der Waals surface area contributed by atoms with E-state index in [0.29, 0.717) is 0 Å². The largest absolute Gasteiger partial charge is 0.0843 e. The van der Waals surface area contributed by atoms with Crippen molar-refractivity contribution in [3.05, 3.63) is 143 Å². The van der Waals surface area contributed by atoms with Crippen molar-refractivity contribution in [1.29, 1.82) is 0 Å². The normalized spacial score (nSPS) is 13.8. The summed E-state index contributed by atoms with van der Waals surface area (Å²) in [5, 5.41) is 3.28. The highest BCUT2D eigenvalue weighted by Crippen LogP contribution is 2.57. The highest BCUT2D eigenvalue weighted by Gasteiger charge is 2.46. The van der Waals surface area contributed by atoms with Crippen LogP contribution in [0.5, 0.6) is 0 Å². The lowest BCUT2D eigenvalue weighted by Gasteiger charge is -2.34. The fourth-order valence-electron chi connectivity index (χ4n) is 5.15. The van der Waals surface area contributed by atoms with E-state index in [1.54, 1.807) is 0 Å². The molecule has 1 aliphatic carbocycles. The maximum Gasteiger partial charge on any atom is 0.0714 e. The van der Waals surface area contributed by atoms with Crippen LogP contribution in [0.2, 0.25) is 5.02 Å². The molecule has 0 amide bonds. The molecule has 5 aromatic rings. The molecule has 0 N–H and O–H groups in total. The zero-order chi connectivity index (χ0) is 20.1. The van der Waals surface area contributed by atoms with Crippen molar-refractivity contribution in [3.63, 3.8) is 0 Å². The number of hydrogen-bond donors (Lipinski definition) is 0. The summed E-state index contributed by atoms with van der Waals surface area (Å²) in [6, 6.07) is 41.3. The summed E-state index contributed by atoms with van der Waals surface area (Å²) >= 11 is 6.57. The molecule has 0 bridgehead atoms. The molecule has 142 valence electrons. The third kappa shape index (κ3) is 2.35. The molecule has 30 heavy (non-hydrogen) atoms. The van der Waals surface area contributed by atoms with Crippen LogP contribution in [0, 0.1) is 0 Å². The molecule has 0 heterocycles. The van der Waals surface area contributed by atoms with E-state index in [0.717, 1.165) is 5.02 Å². The molecule has 0 spiro atoms. The summed E-state index contributed by atoms with van der Waals surface area (Å²) in [7, 11) is 0. The topological polar surface area (TPSA) is 0 Å². The third-order valence-corrected chi connectivity index (χ3v) is 6.61. The van der Waals surface area contributed by atoms with Gasteiger partial charge in [-0.05, 0) is 68.4 Å². The van der Waals surface area contributed by atoms with Crippen LogP contribution in [0.3, 0.4) is 0 Å². The van der Waals surface area contributed by atoms with Gasteiger partial charge in [0.25, 0.3) is 0 Å². The Morgan fingerprint density at radius 2 is 1.00 bits per heavy atom. The summed E-state index contributed by atoms with van der Waals surface area (Å²) < 4.78 is 0. The maximum atomic E-state index is 6.57. The molecule has 0 fully saturated rings. The van der Waals surface area contributed by atoms with Crippen molar-refractivity contribution < 1.29 is 0 Å². The first-order valence-corrected chi connectivity index (χ1v) is 10.6. The van der Waals surface area contributed by atoms with Crippen LogP contribution in [0.25, 0.3) is 21.9 Å². The van der Waals surface area contributed by atoms with Crippen LogP contribution in [0.1, 0.15) is 22.3 Å². The second-order valence-electron chi connectivity index (χ2n) is 7.92. The van der Waals surface area contributed by atoms with Gasteiger partial charge in [-0.2, -0.15) is 0 Å². The average Bonchev–Trinajstić information content (AvgIpc) is 3.08. The second-order valence-corrected chi connectivity index (χ2v) is 8.35. The Balaban J connectivity index is 1.84. The molecule has 0 radical (unpaired) electrons. The molecule has 1 aliphatic rings. The highest BCUT2D eigenvalue weighted by atomic mass is 35.5. The molecule has 0 aromatic heterocycles. The number of rotatable bonds is 2. The van der Waals surface area contributed by atoms with E-state index >= 15 is 0 Å². The Bertz CT molecular complexity index is 1350. The van der Waals surface area contributed by atoms with Crippen molar-refractivity contribution in [2.24, 2.45) is 0 Å². The Morgan fingerprint density at radius 3 is 1.63 bits per heavy atom. The zero-order valence-electron chi connectivity index (χ0n) is 16.3. The minimum atomic E-state index is -0.401. The van der Waals surface area contributed by atoms with E-state index in [2.05, 4.69) is 109 Å². The van der Waals surface area contributed by atoms with Gasteiger partial charge in [0.2, 0.25) is 0 Å². The minimum Gasteiger partial charge on any atom is -0.0843 e. The third-order valence-electron chi connectivity index (χ3n) is 6.38. The highest BCUT2D eigenvalue weighted by molar-refractivity contribution is 6.30. The SMILES string of the molecule is Clc1ccc2c(c1)C(c1ccccc1)(c1ccccc1)c1cc3ccccc3cc1-2. The van der Waals surface area contributed by atoms with Gasteiger partial charge < -0.3 is 0 Å². The molecular weight excluding hydrogens is 384 g/mol. The molecule has 0 nitrogen and oxygen atoms in total. The van der Waals surface area contributed by atoms with E-state index in [-0.39, 0.29) is 0 Å². The summed E-state index contributed by atoms with van der Waals surface area (Å²) in [5.74, 6) is 0. The maximum absolute atomic E-state index is 6.57. The number of halogens is 1. The standard InChI is InChI=1S/C29H19Cl/c30-24-15-16-25-26-17-20-9-7-8-10-21(20)18-27(26)29(28(25)19-24,22-11-3-1-4-12-22)23-13-5-2-6-14-23/h1-19H. The van der Waals surface area contributed by atoms with Crippen LogP contribution < -0.4 is 0 Å². The smallest absolute Gasteiger partial charge is 0.0714 e. The van der Waals surface area contributed by atoms with E-state index < -0.39 is 5.41 Å². The number of fused-ring (bicyclic) bond motifs is 4. The van der Waals surface area contributed by atoms with Crippen molar-refractivity contribution in [2.45, 2.75) is 5.41 Å². The van der Waals surface area contributed by atoms with Crippen molar-refractivity contribution in [1.82, 2.24) is 0 Å². The van der Waals surface area contributed by atoms with Crippen LogP contribution >= 0.6 is 11.6 Å². The van der Waals surface area contributed by atoms with Crippen LogP contribution in [-0.2, 0) is 5.41 Å². The molecular formula is C29H19Cl. The van der Waals surface area contributed by atoms with E-state index in [1.165, 1.54) is 44.2 Å². The molecule has 0 unspecified atom stereocenters. The van der Waals surface area contributed by atoms with Crippen LogP contribution in [0.15, 0.2) is 115 Å². The molecule has 0 saturated carbocycles. The molecule has 0 atom stereocenters. The fourth-order valence-corrected chi connectivity index (χ4v) is 5.32. The van der Waals surface area contributed by atoms with Gasteiger partial charge in [-0.15, -0.1) is 0 Å². The lowest BCUT2D eigenvalue weighted by Crippen LogP contribution is -2.28. The Morgan fingerprint density at radius 1 is 0.467 bits per heavy atom. The fraction of sp³-hybridized carbons (Fsp3) is 0.0345. The van der Waals surface area contributed by atoms with E-state index in [4.69, 9.17) is 11.6 Å². The van der Waals surface area contributed by atoms with Crippen LogP contribution in [0.4, 0.5) is 0 Å². The van der Waals surface area contributed by atoms with Gasteiger partial charge in [0.05, 0.1) is 5.41 Å². The van der Waals surface area contributed by atoms with Crippen molar-refractivity contribution in [3.8, 4) is 11.1 Å². The van der Waals surface area contributed by atoms with Crippen LogP contribution in [-0.4, -0.2) is 0 Å². The predicted octanol–water partition coefficient (Wildman–Crippen LogP) is 7.86. The first-order chi connectivity index (χ1) is 14.8. The monoisotopic (exact) mass is 402 g/mol. The molecule has 0 aliphatic heterocycles. The zero-order valence-corrected chi connectivity index (χ0v) is 17.1. The van der Waals surface area contributed by atoms with Gasteiger partial charge in [0, 0.05) is 5.02 Å². The molecule has 1 heteroatoms. The van der Waals surface area contributed by atoms with E-state index in [1.807, 2.05) is 6.07 Å².